The van der Waals surface area contributed by atoms with E-state index in [4.69, 9.17) is 0 Å². The molecule has 1 heterocycles. The number of pyridine rings is 1. The zero-order chi connectivity index (χ0) is 64.1. The smallest absolute Gasteiger partial charge is 0.293 e. The van der Waals surface area contributed by atoms with Gasteiger partial charge in [-0.3, -0.25) is 9.59 Å². The first-order chi connectivity index (χ1) is 39.4. The average Bonchev–Trinajstić information content (AvgIpc) is 0.726. The van der Waals surface area contributed by atoms with Crippen molar-refractivity contribution < 1.29 is 124 Å². The fourth-order valence-corrected chi connectivity index (χ4v) is 9.52. The predicted octanol–water partition coefficient (Wildman–Crippen LogP) is 15.8. The van der Waals surface area contributed by atoms with Crippen LogP contribution < -0.4 is 26.4 Å². The molecule has 1 aromatic heterocycles. The Labute approximate surface area is 466 Å². The molecule has 0 aliphatic heterocycles. The molecule has 7 aromatic carbocycles. The molecule has 3 nitrogen and oxygen atoms in total. The highest BCUT2D eigenvalue weighted by atomic mass is 19.4. The fraction of sp³-hybridized carbons (Fsp3) is 0.175. The number of ketones is 2. The minimum Gasteiger partial charge on any atom is -0.293 e. The van der Waals surface area contributed by atoms with E-state index in [9.17, 15) is 119 Å². The van der Waals surface area contributed by atoms with Crippen molar-refractivity contribution in [3.05, 3.63) is 231 Å². The highest BCUT2D eigenvalue weighted by molar-refractivity contribution is 7.20. The molecule has 0 spiro atoms. The second-order valence-electron chi connectivity index (χ2n) is 19.1. The van der Waals surface area contributed by atoms with Crippen LogP contribution >= 0.6 is 0 Å². The Kier molecular flexibility index (Phi) is 17.5. The van der Waals surface area contributed by atoms with E-state index in [0.29, 0.717) is 11.3 Å². The molecule has 0 unspecified atom stereocenters. The second kappa shape index (κ2) is 23.1. The van der Waals surface area contributed by atoms with E-state index >= 15 is 0 Å². The molecule has 0 amide bonds. The third-order valence-corrected chi connectivity index (χ3v) is 13.4. The van der Waals surface area contributed by atoms with Crippen LogP contribution in [0, 0.1) is 5.82 Å². The molecule has 0 fully saturated rings. The van der Waals surface area contributed by atoms with Gasteiger partial charge in [0.1, 0.15) is 12.0 Å². The molecule has 0 aliphatic carbocycles. The summed E-state index contributed by atoms with van der Waals surface area (Å²) in [5, 5.41) is 0.968. The van der Waals surface area contributed by atoms with Crippen LogP contribution in [0.3, 0.4) is 0 Å². The number of aromatic nitrogens is 1. The zero-order valence-electron chi connectivity index (χ0n) is 42.3. The summed E-state index contributed by atoms with van der Waals surface area (Å²) in [5.41, 5.74) is -28.0. The van der Waals surface area contributed by atoms with Crippen molar-refractivity contribution in [1.29, 1.82) is 0 Å². The van der Waals surface area contributed by atoms with Crippen molar-refractivity contribution in [2.75, 3.05) is 0 Å². The van der Waals surface area contributed by atoms with Crippen LogP contribution in [0.1, 0.15) is 70.9 Å². The summed E-state index contributed by atoms with van der Waals surface area (Å²) in [4.78, 5) is 25.6. The standard InChI is InChI=1S/C32H12BF24.C25H19FNO2/c34-25(35,36)13-1-14(26(37,38)39)6-21(5-13)33(22-7-15(27(40,41)42)2-16(8-22)28(43,44)45,23-9-17(29(46,47)48)3-18(10-23)30(49,50)51)24-11-19(31(52,53)54)4-20(12-24)32(55,56)57;26-22-12-6-5-11-21(22)24(28)16-20-15-14-18-8-4-7-13-23(18)27(20)17-25(29)19-9-2-1-3-10-19/h1-12H;1-15H,16-17H2/q-1;+1. The van der Waals surface area contributed by atoms with E-state index < -0.39 is 201 Å². The van der Waals surface area contributed by atoms with Crippen LogP contribution in [0.5, 0.6) is 0 Å². The van der Waals surface area contributed by atoms with Gasteiger partial charge in [0.05, 0.1) is 56.5 Å². The monoisotopic (exact) mass is 1250 g/mol. The summed E-state index contributed by atoms with van der Waals surface area (Å²) in [6.07, 6.45) is -54.8. The van der Waals surface area contributed by atoms with Crippen molar-refractivity contribution in [3.8, 4) is 0 Å². The molecule has 454 valence electrons. The van der Waals surface area contributed by atoms with E-state index in [-0.39, 0.29) is 30.1 Å². The lowest BCUT2D eigenvalue weighted by Crippen LogP contribution is -2.75. The van der Waals surface area contributed by atoms with Crippen molar-refractivity contribution in [3.63, 3.8) is 0 Å². The Balaban J connectivity index is 0.000000302. The van der Waals surface area contributed by atoms with Crippen molar-refractivity contribution >= 4 is 50.5 Å². The maximum Gasteiger partial charge on any atom is 0.416 e. The molecular weight excluding hydrogens is 1220 g/mol. The Bertz CT molecular complexity index is 3400. The molecular formula is C57H31BF25NO2. The summed E-state index contributed by atoms with van der Waals surface area (Å²) < 4.78 is 357. The quantitative estimate of drug-likeness (QED) is 0.0592. The predicted molar refractivity (Wildman–Crippen MR) is 259 cm³/mol. The normalized spacial score (nSPS) is 13.1. The van der Waals surface area contributed by atoms with Crippen molar-refractivity contribution in [2.24, 2.45) is 0 Å². The number of Topliss-reactive ketones (excluding diaryl/α,β-unsaturated/α-hetero) is 2. The Morgan fingerprint density at radius 3 is 0.965 bits per heavy atom. The molecule has 0 saturated heterocycles. The molecule has 0 radical (unpaired) electrons. The van der Waals surface area contributed by atoms with E-state index in [0.717, 1.165) is 10.9 Å². The highest BCUT2D eigenvalue weighted by Gasteiger charge is 2.47. The summed E-state index contributed by atoms with van der Waals surface area (Å²) in [7, 11) is 0. The molecule has 0 saturated carbocycles. The van der Waals surface area contributed by atoms with Crippen molar-refractivity contribution in [2.45, 2.75) is 62.4 Å². The summed E-state index contributed by atoms with van der Waals surface area (Å²) in [6, 6.07) is 17.7. The fourth-order valence-electron chi connectivity index (χ4n) is 9.52. The molecule has 0 aliphatic rings. The molecule has 8 aromatic rings. The largest absolute Gasteiger partial charge is 0.416 e. The lowest BCUT2D eigenvalue weighted by Gasteiger charge is -2.46. The van der Waals surface area contributed by atoms with Gasteiger partial charge in [-0.2, -0.15) is 132 Å². The number of para-hydroxylation sites is 1. The topological polar surface area (TPSA) is 38.0 Å². The van der Waals surface area contributed by atoms with E-state index in [2.05, 4.69) is 0 Å². The van der Waals surface area contributed by atoms with Gasteiger partial charge in [0, 0.05) is 23.1 Å². The first kappa shape index (κ1) is 65.2. The summed E-state index contributed by atoms with van der Waals surface area (Å²) in [5.74, 6) is -0.906. The number of halogens is 25. The van der Waals surface area contributed by atoms with Crippen LogP contribution in [0.15, 0.2) is 164 Å². The van der Waals surface area contributed by atoms with Gasteiger partial charge in [0.25, 0.3) is 0 Å². The molecule has 0 N–H and O–H groups in total. The van der Waals surface area contributed by atoms with Gasteiger partial charge in [0.15, 0.2) is 11.5 Å². The first-order valence-corrected chi connectivity index (χ1v) is 24.0. The molecule has 0 atom stereocenters. The molecule has 86 heavy (non-hydrogen) atoms. The lowest BCUT2D eigenvalue weighted by molar-refractivity contribution is -0.664. The van der Waals surface area contributed by atoms with E-state index in [1.807, 2.05) is 59.2 Å². The number of hydrogen-bond acceptors (Lipinski definition) is 2. The Morgan fingerprint density at radius 1 is 0.337 bits per heavy atom. The number of benzene rings is 7. The van der Waals surface area contributed by atoms with Gasteiger partial charge < -0.3 is 0 Å². The van der Waals surface area contributed by atoms with Gasteiger partial charge in [-0.1, -0.05) is 103 Å². The third kappa shape index (κ3) is 14.5. The number of carbonyl (C=O) groups is 2. The average molecular weight is 1250 g/mol. The van der Waals surface area contributed by atoms with E-state index in [1.54, 1.807) is 24.3 Å². The number of hydrogen-bond donors (Lipinski definition) is 0. The van der Waals surface area contributed by atoms with Crippen molar-refractivity contribution in [1.82, 2.24) is 0 Å². The van der Waals surface area contributed by atoms with Crippen LogP contribution in [-0.2, 0) is 62.4 Å². The summed E-state index contributed by atoms with van der Waals surface area (Å²) >= 11 is 0. The molecule has 0 bridgehead atoms. The van der Waals surface area contributed by atoms with Gasteiger partial charge >= 0.3 is 49.4 Å². The van der Waals surface area contributed by atoms with Gasteiger partial charge in [-0.25, -0.2) is 4.39 Å². The second-order valence-corrected chi connectivity index (χ2v) is 19.1. The lowest BCUT2D eigenvalue weighted by atomic mass is 9.12. The van der Waals surface area contributed by atoms with Crippen LogP contribution in [-0.4, -0.2) is 17.7 Å². The number of rotatable bonds is 10. The van der Waals surface area contributed by atoms with Crippen LogP contribution in [0.4, 0.5) is 110 Å². The molecule has 29 heteroatoms. The third-order valence-electron chi connectivity index (χ3n) is 13.4. The summed E-state index contributed by atoms with van der Waals surface area (Å²) in [6.45, 7) is 0.102. The van der Waals surface area contributed by atoms with Crippen LogP contribution in [0.2, 0.25) is 0 Å². The maximum absolute atomic E-state index is 14.2. The Hall–Kier alpha value is -8.40. The van der Waals surface area contributed by atoms with E-state index in [1.165, 1.54) is 12.1 Å². The number of carbonyl (C=O) groups excluding carboxylic acids is 2. The van der Waals surface area contributed by atoms with Gasteiger partial charge in [0.2, 0.25) is 17.8 Å². The number of alkyl halides is 24. The van der Waals surface area contributed by atoms with Crippen LogP contribution in [0.25, 0.3) is 10.9 Å². The van der Waals surface area contributed by atoms with Gasteiger partial charge in [-0.05, 0) is 48.5 Å². The van der Waals surface area contributed by atoms with Gasteiger partial charge in [-0.15, -0.1) is 0 Å². The first-order valence-electron chi connectivity index (χ1n) is 24.0. The molecule has 8 rings (SSSR count). The minimum absolute atomic E-state index is 0.00778. The number of fused-ring (bicyclic) bond motifs is 1. The minimum atomic E-state index is -6.13. The highest BCUT2D eigenvalue weighted by Crippen LogP contribution is 2.41. The zero-order valence-corrected chi connectivity index (χ0v) is 42.3. The number of nitrogens with zero attached hydrogens (tertiary/aromatic N) is 1. The SMILES string of the molecule is FC(F)(F)c1cc([B-](c2cc(C(F)(F)F)cc(C(F)(F)F)c2)(c2cc(C(F)(F)F)cc(C(F)(F)F)c2)c2cc(C(F)(F)F)cc(C(F)(F)F)c2)cc(C(F)(F)F)c1.O=C(C[n+]1c(CC(=O)c2ccccc2F)ccc2ccccc21)c1ccccc1. The Morgan fingerprint density at radius 2 is 0.640 bits per heavy atom. The maximum atomic E-state index is 14.2.